The lowest BCUT2D eigenvalue weighted by molar-refractivity contribution is -0.237. The van der Waals surface area contributed by atoms with Crippen molar-refractivity contribution in [3.8, 4) is 0 Å². The third kappa shape index (κ3) is 3.45. The summed E-state index contributed by atoms with van der Waals surface area (Å²) in [5.41, 5.74) is -1.50. The average Bonchev–Trinajstić information content (AvgIpc) is 3.38. The molecular weight excluding hydrogens is 442 g/mol. The Morgan fingerprint density at radius 1 is 0.971 bits per heavy atom. The van der Waals surface area contributed by atoms with Gasteiger partial charge in [-0.15, -0.1) is 0 Å². The minimum Gasteiger partial charge on any atom is -0.458 e. The van der Waals surface area contributed by atoms with Crippen LogP contribution >= 0.6 is 0 Å². The molecule has 3 N–H and O–H groups in total. The normalized spacial score (nSPS) is 50.4. The van der Waals surface area contributed by atoms with E-state index in [1.165, 1.54) is 19.3 Å². The quantitative estimate of drug-likeness (QED) is 0.413. The molecule has 0 saturated heterocycles. The topological polar surface area (TPSA) is 99.4 Å². The number of aliphatic hydroxyl groups is 3. The minimum atomic E-state index is -0.958. The highest BCUT2D eigenvalue weighted by atomic mass is 16.5. The molecule has 0 bridgehead atoms. The van der Waals surface area contributed by atoms with Crippen LogP contribution in [-0.2, 0) is 9.53 Å². The lowest BCUT2D eigenvalue weighted by atomic mass is 9.41. The first-order valence-electron chi connectivity index (χ1n) is 14.3. The Bertz CT molecular complexity index is 926. The van der Waals surface area contributed by atoms with Crippen LogP contribution in [0.5, 0.6) is 0 Å². The average molecular weight is 486 g/mol. The van der Waals surface area contributed by atoms with E-state index in [2.05, 4.69) is 13.1 Å². The third-order valence-corrected chi connectivity index (χ3v) is 11.7. The molecule has 0 unspecified atom stereocenters. The van der Waals surface area contributed by atoms with Crippen molar-refractivity contribution in [3.05, 3.63) is 11.6 Å². The van der Waals surface area contributed by atoms with Gasteiger partial charge in [-0.1, -0.05) is 26.2 Å². The molecule has 1 aliphatic heterocycles. The van der Waals surface area contributed by atoms with Gasteiger partial charge in [0.1, 0.15) is 6.61 Å². The fourth-order valence-corrected chi connectivity index (χ4v) is 9.83. The maximum absolute atomic E-state index is 12.5. The van der Waals surface area contributed by atoms with Gasteiger partial charge in [0.15, 0.2) is 0 Å². The van der Waals surface area contributed by atoms with Crippen LogP contribution in [0.2, 0.25) is 0 Å². The smallest absolute Gasteiger partial charge is 0.331 e. The first-order chi connectivity index (χ1) is 16.7. The van der Waals surface area contributed by atoms with Crippen LogP contribution < -0.4 is 0 Å². The van der Waals surface area contributed by atoms with Gasteiger partial charge in [-0.25, -0.2) is 4.79 Å². The summed E-state index contributed by atoms with van der Waals surface area (Å²) in [6.07, 6.45) is 16.0. The van der Waals surface area contributed by atoms with Gasteiger partial charge in [0.25, 0.3) is 0 Å². The Hall–Kier alpha value is -1.24. The molecule has 1 heterocycles. The second kappa shape index (κ2) is 8.39. The standard InChI is InChI=1S/C29H43NO5/c1-26-11-8-23-24(29(26,34)14-10-22(26)19-15-25(32)35-17-19)9-13-28(33)16-21(31)7-12-27(23,28)18-30-20-5-3-2-4-6-20/h15,18,20-24,31,33-34H,2-14,16-17H2,1H3/t21-,22+,23+,24-,26-,27+,28+,29+/m1/s1. The van der Waals surface area contributed by atoms with Crippen molar-refractivity contribution < 1.29 is 24.9 Å². The van der Waals surface area contributed by atoms with Crippen LogP contribution in [0.15, 0.2) is 16.6 Å². The summed E-state index contributed by atoms with van der Waals surface area (Å²) in [7, 11) is 0. The Balaban J connectivity index is 1.36. The number of aliphatic imine (C=N–C) groups is 1. The highest BCUT2D eigenvalue weighted by Gasteiger charge is 2.71. The van der Waals surface area contributed by atoms with Crippen molar-refractivity contribution >= 4 is 12.2 Å². The maximum atomic E-state index is 12.5. The molecule has 8 atom stereocenters. The van der Waals surface area contributed by atoms with E-state index in [1.807, 2.05) is 0 Å². The first-order valence-corrected chi connectivity index (χ1v) is 14.3. The van der Waals surface area contributed by atoms with E-state index in [9.17, 15) is 20.1 Å². The molecule has 0 aromatic rings. The van der Waals surface area contributed by atoms with Gasteiger partial charge < -0.3 is 20.1 Å². The van der Waals surface area contributed by atoms with Crippen molar-refractivity contribution in [3.63, 3.8) is 0 Å². The maximum Gasteiger partial charge on any atom is 0.331 e. The van der Waals surface area contributed by atoms with Gasteiger partial charge in [-0.2, -0.15) is 0 Å². The number of carbonyl (C=O) groups excluding carboxylic acids is 1. The first kappa shape index (κ1) is 24.1. The van der Waals surface area contributed by atoms with E-state index in [0.717, 1.165) is 56.9 Å². The van der Waals surface area contributed by atoms with Crippen molar-refractivity contribution in [2.75, 3.05) is 6.61 Å². The fourth-order valence-electron chi connectivity index (χ4n) is 9.83. The van der Waals surface area contributed by atoms with Crippen LogP contribution in [0.25, 0.3) is 0 Å². The molecule has 6 nitrogen and oxygen atoms in total. The number of aliphatic hydroxyl groups excluding tert-OH is 1. The molecule has 0 spiro atoms. The highest BCUT2D eigenvalue weighted by Crippen LogP contribution is 2.70. The number of hydrogen-bond acceptors (Lipinski definition) is 6. The number of hydrogen-bond donors (Lipinski definition) is 3. The predicted molar refractivity (Wildman–Crippen MR) is 133 cm³/mol. The lowest BCUT2D eigenvalue weighted by Gasteiger charge is -2.65. The summed E-state index contributed by atoms with van der Waals surface area (Å²) >= 11 is 0. The van der Waals surface area contributed by atoms with Crippen LogP contribution in [0, 0.1) is 28.6 Å². The van der Waals surface area contributed by atoms with Crippen LogP contribution in [0.1, 0.15) is 96.8 Å². The summed E-state index contributed by atoms with van der Waals surface area (Å²) in [6, 6.07) is 0.342. The molecule has 6 heteroatoms. The molecule has 0 radical (unpaired) electrons. The van der Waals surface area contributed by atoms with E-state index in [4.69, 9.17) is 9.73 Å². The van der Waals surface area contributed by atoms with Crippen molar-refractivity contribution in [2.45, 2.75) is 120 Å². The molecule has 35 heavy (non-hydrogen) atoms. The minimum absolute atomic E-state index is 0.0956. The van der Waals surface area contributed by atoms with Gasteiger partial charge in [0.05, 0.1) is 17.3 Å². The second-order valence-electron chi connectivity index (χ2n) is 13.1. The van der Waals surface area contributed by atoms with Crippen molar-refractivity contribution in [1.82, 2.24) is 0 Å². The Labute approximate surface area is 209 Å². The third-order valence-electron chi connectivity index (χ3n) is 11.7. The van der Waals surface area contributed by atoms with Crippen molar-refractivity contribution in [1.29, 1.82) is 0 Å². The van der Waals surface area contributed by atoms with E-state index in [0.29, 0.717) is 31.9 Å². The monoisotopic (exact) mass is 485 g/mol. The Morgan fingerprint density at radius 3 is 2.49 bits per heavy atom. The zero-order chi connectivity index (χ0) is 24.5. The number of rotatable bonds is 3. The van der Waals surface area contributed by atoms with Gasteiger partial charge in [0.2, 0.25) is 0 Å². The summed E-state index contributed by atoms with van der Waals surface area (Å²) in [6.45, 7) is 2.59. The van der Waals surface area contributed by atoms with Gasteiger partial charge >= 0.3 is 5.97 Å². The number of esters is 1. The van der Waals surface area contributed by atoms with E-state index < -0.39 is 22.7 Å². The lowest BCUT2D eigenvalue weighted by Crippen LogP contribution is -2.68. The molecule has 5 aliphatic carbocycles. The van der Waals surface area contributed by atoms with Crippen molar-refractivity contribution in [2.24, 2.45) is 33.6 Å². The number of carbonyl (C=O) groups is 1. The second-order valence-corrected chi connectivity index (χ2v) is 13.1. The highest BCUT2D eigenvalue weighted by molar-refractivity contribution is 5.85. The van der Waals surface area contributed by atoms with E-state index in [-0.39, 0.29) is 29.1 Å². The Morgan fingerprint density at radius 2 is 1.74 bits per heavy atom. The molecule has 5 fully saturated rings. The number of cyclic esters (lactones) is 1. The Kier molecular flexibility index (Phi) is 5.78. The zero-order valence-corrected chi connectivity index (χ0v) is 21.3. The van der Waals surface area contributed by atoms with Gasteiger partial charge in [-0.3, -0.25) is 4.99 Å². The largest absolute Gasteiger partial charge is 0.458 e. The molecule has 0 aromatic carbocycles. The molecule has 6 aliphatic rings. The summed E-state index contributed by atoms with van der Waals surface area (Å²) in [5, 5.41) is 35.2. The van der Waals surface area contributed by atoms with E-state index >= 15 is 0 Å². The van der Waals surface area contributed by atoms with Gasteiger partial charge in [-0.05, 0) is 87.5 Å². The molecule has 5 saturated carbocycles. The molecule has 0 aromatic heterocycles. The number of fused-ring (bicyclic) bond motifs is 5. The zero-order valence-electron chi connectivity index (χ0n) is 21.3. The number of ether oxygens (including phenoxy) is 1. The van der Waals surface area contributed by atoms with E-state index in [1.54, 1.807) is 6.08 Å². The predicted octanol–water partition coefficient (Wildman–Crippen LogP) is 4.10. The SMILES string of the molecule is C[C@]12CC[C@H]3[C@@H](CC[C@]4(O)C[C@H](O)CC[C@]34C=NC3CCCCC3)[C@@]1(O)CC[C@H]2C1=CC(=O)OC1. The van der Waals surface area contributed by atoms with Gasteiger partial charge in [0, 0.05) is 35.6 Å². The summed E-state index contributed by atoms with van der Waals surface area (Å²) in [4.78, 5) is 17.0. The molecule has 0 amide bonds. The molecule has 194 valence electrons. The molecule has 6 rings (SSSR count). The summed E-state index contributed by atoms with van der Waals surface area (Å²) < 4.78 is 5.25. The van der Waals surface area contributed by atoms with Crippen LogP contribution in [0.3, 0.4) is 0 Å². The van der Waals surface area contributed by atoms with Crippen LogP contribution in [-0.4, -0.2) is 57.5 Å². The molecular formula is C29H43NO5. The number of nitrogens with zero attached hydrogens (tertiary/aromatic N) is 1. The van der Waals surface area contributed by atoms with Crippen LogP contribution in [0.4, 0.5) is 0 Å². The summed E-state index contributed by atoms with van der Waals surface area (Å²) in [5.74, 6) is 0.168. The fraction of sp³-hybridized carbons (Fsp3) is 0.862.